The molecule has 6 nitrogen and oxygen atoms in total. The SMILES string of the molecule is CNC(=O)C(=Cc1cccc2ccccc12)n1c(C)nnc1-c1ccc(C#N)cc1. The summed E-state index contributed by atoms with van der Waals surface area (Å²) < 4.78 is 1.74. The molecule has 0 spiro atoms. The maximum Gasteiger partial charge on any atom is 0.268 e. The van der Waals surface area contributed by atoms with Crippen molar-refractivity contribution in [3.8, 4) is 17.5 Å². The van der Waals surface area contributed by atoms with Gasteiger partial charge < -0.3 is 5.32 Å². The highest BCUT2D eigenvalue weighted by Gasteiger charge is 2.20. The molecular weight excluding hydrogens is 374 g/mol. The highest BCUT2D eigenvalue weighted by atomic mass is 16.2. The maximum atomic E-state index is 12.9. The van der Waals surface area contributed by atoms with Gasteiger partial charge in [0.1, 0.15) is 11.5 Å². The molecule has 30 heavy (non-hydrogen) atoms. The van der Waals surface area contributed by atoms with E-state index in [0.29, 0.717) is 22.9 Å². The number of hydrogen-bond donors (Lipinski definition) is 1. The van der Waals surface area contributed by atoms with Gasteiger partial charge in [0.25, 0.3) is 5.91 Å². The average molecular weight is 393 g/mol. The van der Waals surface area contributed by atoms with Crippen LogP contribution in [0.1, 0.15) is 17.0 Å². The van der Waals surface area contributed by atoms with Crippen molar-refractivity contribution >= 4 is 28.5 Å². The van der Waals surface area contributed by atoms with Crippen LogP contribution < -0.4 is 5.32 Å². The summed E-state index contributed by atoms with van der Waals surface area (Å²) in [7, 11) is 1.60. The van der Waals surface area contributed by atoms with Crippen molar-refractivity contribution in [2.45, 2.75) is 6.92 Å². The van der Waals surface area contributed by atoms with Crippen molar-refractivity contribution in [1.29, 1.82) is 5.26 Å². The Balaban J connectivity index is 1.92. The Bertz CT molecular complexity index is 1300. The number of carbonyl (C=O) groups is 1. The van der Waals surface area contributed by atoms with E-state index in [9.17, 15) is 4.79 Å². The maximum absolute atomic E-state index is 12.9. The van der Waals surface area contributed by atoms with Gasteiger partial charge in [0.15, 0.2) is 5.82 Å². The highest BCUT2D eigenvalue weighted by molar-refractivity contribution is 6.20. The molecule has 4 rings (SSSR count). The van der Waals surface area contributed by atoms with Crippen LogP contribution in [0, 0.1) is 18.3 Å². The first kappa shape index (κ1) is 19.1. The van der Waals surface area contributed by atoms with Gasteiger partial charge in [-0.05, 0) is 53.6 Å². The van der Waals surface area contributed by atoms with Crippen molar-refractivity contribution in [2.24, 2.45) is 0 Å². The molecule has 0 aliphatic rings. The first-order valence-corrected chi connectivity index (χ1v) is 9.47. The van der Waals surface area contributed by atoms with Crippen molar-refractivity contribution in [1.82, 2.24) is 20.1 Å². The second-order valence-corrected chi connectivity index (χ2v) is 6.77. The lowest BCUT2D eigenvalue weighted by molar-refractivity contribution is -0.115. The van der Waals surface area contributed by atoms with Crippen molar-refractivity contribution in [3.05, 3.63) is 83.7 Å². The number of nitrogens with zero attached hydrogens (tertiary/aromatic N) is 4. The molecule has 0 saturated heterocycles. The Kier molecular flexibility index (Phi) is 5.10. The van der Waals surface area contributed by atoms with E-state index in [-0.39, 0.29) is 5.91 Å². The van der Waals surface area contributed by atoms with Gasteiger partial charge in [-0.15, -0.1) is 10.2 Å². The van der Waals surface area contributed by atoms with Crippen molar-refractivity contribution in [3.63, 3.8) is 0 Å². The number of rotatable bonds is 4. The molecule has 0 radical (unpaired) electrons. The summed E-state index contributed by atoms with van der Waals surface area (Å²) in [6.45, 7) is 1.81. The third-order valence-electron chi connectivity index (χ3n) is 4.91. The van der Waals surface area contributed by atoms with Gasteiger partial charge in [0, 0.05) is 12.6 Å². The van der Waals surface area contributed by atoms with E-state index < -0.39 is 0 Å². The Hall–Kier alpha value is -4.24. The first-order valence-electron chi connectivity index (χ1n) is 9.47. The second kappa shape index (κ2) is 8.02. The highest BCUT2D eigenvalue weighted by Crippen LogP contribution is 2.26. The number of carbonyl (C=O) groups excluding carboxylic acids is 1. The van der Waals surface area contributed by atoms with Crippen LogP contribution >= 0.6 is 0 Å². The number of aromatic nitrogens is 3. The average Bonchev–Trinajstić information content (AvgIpc) is 3.18. The third-order valence-corrected chi connectivity index (χ3v) is 4.91. The number of hydrogen-bond acceptors (Lipinski definition) is 4. The van der Waals surface area contributed by atoms with E-state index in [1.807, 2.05) is 48.5 Å². The molecule has 146 valence electrons. The molecular formula is C24H19N5O. The van der Waals surface area contributed by atoms with E-state index in [1.54, 1.807) is 42.8 Å². The zero-order valence-corrected chi connectivity index (χ0v) is 16.6. The summed E-state index contributed by atoms with van der Waals surface area (Å²) in [5.41, 5.74) is 2.66. The topological polar surface area (TPSA) is 83.6 Å². The predicted molar refractivity (Wildman–Crippen MR) is 117 cm³/mol. The molecule has 0 unspecified atom stereocenters. The fourth-order valence-corrected chi connectivity index (χ4v) is 3.41. The minimum absolute atomic E-state index is 0.249. The van der Waals surface area contributed by atoms with Crippen LogP contribution in [-0.4, -0.2) is 27.7 Å². The second-order valence-electron chi connectivity index (χ2n) is 6.77. The van der Waals surface area contributed by atoms with Crippen LogP contribution in [0.5, 0.6) is 0 Å². The van der Waals surface area contributed by atoms with Gasteiger partial charge in [0.2, 0.25) is 0 Å². The van der Waals surface area contributed by atoms with Gasteiger partial charge in [-0.3, -0.25) is 9.36 Å². The van der Waals surface area contributed by atoms with Crippen LogP contribution in [0.2, 0.25) is 0 Å². The Morgan fingerprint density at radius 1 is 1.03 bits per heavy atom. The summed E-state index contributed by atoms with van der Waals surface area (Å²) in [5.74, 6) is 0.872. The third kappa shape index (κ3) is 3.45. The minimum Gasteiger partial charge on any atom is -0.354 e. The Morgan fingerprint density at radius 3 is 2.50 bits per heavy atom. The molecule has 0 saturated carbocycles. The molecule has 1 N–H and O–H groups in total. The number of benzene rings is 3. The van der Waals surface area contributed by atoms with Gasteiger partial charge in [-0.2, -0.15) is 5.26 Å². The van der Waals surface area contributed by atoms with E-state index in [0.717, 1.165) is 21.9 Å². The molecule has 0 fully saturated rings. The van der Waals surface area contributed by atoms with Crippen LogP contribution in [-0.2, 0) is 4.79 Å². The summed E-state index contributed by atoms with van der Waals surface area (Å²) in [6, 6.07) is 23.2. The molecule has 0 aliphatic carbocycles. The molecule has 4 aromatic rings. The van der Waals surface area contributed by atoms with Crippen LogP contribution in [0.15, 0.2) is 66.7 Å². The van der Waals surface area contributed by atoms with Gasteiger partial charge >= 0.3 is 0 Å². The van der Waals surface area contributed by atoms with Crippen LogP contribution in [0.4, 0.5) is 0 Å². The molecule has 3 aromatic carbocycles. The van der Waals surface area contributed by atoms with Crippen molar-refractivity contribution in [2.75, 3.05) is 7.05 Å². The quantitative estimate of drug-likeness (QED) is 0.531. The van der Waals surface area contributed by atoms with Crippen molar-refractivity contribution < 1.29 is 4.79 Å². The molecule has 1 amide bonds. The normalized spacial score (nSPS) is 11.3. The predicted octanol–water partition coefficient (Wildman–Crippen LogP) is 4.02. The zero-order valence-electron chi connectivity index (χ0n) is 16.6. The van der Waals surface area contributed by atoms with E-state index in [2.05, 4.69) is 21.6 Å². The lowest BCUT2D eigenvalue weighted by atomic mass is 10.0. The number of nitrogens with one attached hydrogen (secondary N) is 1. The first-order chi connectivity index (χ1) is 14.6. The fourth-order valence-electron chi connectivity index (χ4n) is 3.41. The monoisotopic (exact) mass is 393 g/mol. The lowest BCUT2D eigenvalue weighted by Gasteiger charge is -2.13. The summed E-state index contributed by atoms with van der Waals surface area (Å²) in [5, 5.41) is 22.4. The molecule has 6 heteroatoms. The number of amides is 1. The van der Waals surface area contributed by atoms with E-state index in [4.69, 9.17) is 5.26 Å². The lowest BCUT2D eigenvalue weighted by Crippen LogP contribution is -2.23. The molecule has 0 bridgehead atoms. The van der Waals surface area contributed by atoms with Gasteiger partial charge in [0.05, 0.1) is 11.6 Å². The van der Waals surface area contributed by atoms with E-state index >= 15 is 0 Å². The molecule has 1 heterocycles. The minimum atomic E-state index is -0.249. The number of nitriles is 1. The number of likely N-dealkylation sites (N-methyl/N-ethyl adjacent to an activating group) is 1. The Morgan fingerprint density at radius 2 is 1.77 bits per heavy atom. The smallest absolute Gasteiger partial charge is 0.268 e. The molecule has 0 aliphatic heterocycles. The number of aryl methyl sites for hydroxylation is 1. The van der Waals surface area contributed by atoms with Gasteiger partial charge in [-0.25, -0.2) is 0 Å². The summed E-state index contributed by atoms with van der Waals surface area (Å²) in [4.78, 5) is 12.9. The largest absolute Gasteiger partial charge is 0.354 e. The zero-order chi connectivity index (χ0) is 21.1. The van der Waals surface area contributed by atoms with Crippen LogP contribution in [0.3, 0.4) is 0 Å². The summed E-state index contributed by atoms with van der Waals surface area (Å²) in [6.07, 6.45) is 1.85. The van der Waals surface area contributed by atoms with Crippen LogP contribution in [0.25, 0.3) is 33.9 Å². The Labute approximate surface area is 174 Å². The molecule has 0 atom stereocenters. The van der Waals surface area contributed by atoms with E-state index in [1.165, 1.54) is 0 Å². The van der Waals surface area contributed by atoms with Gasteiger partial charge in [-0.1, -0.05) is 42.5 Å². The molecule has 1 aromatic heterocycles. The standard InChI is InChI=1S/C24H19N5O/c1-16-27-28-23(19-12-10-17(15-25)11-13-19)29(16)22(24(30)26-2)14-20-8-5-7-18-6-3-4-9-21(18)20/h3-14H,1-2H3,(H,26,30). The summed E-state index contributed by atoms with van der Waals surface area (Å²) >= 11 is 0. The number of fused-ring (bicyclic) bond motifs is 1. The fraction of sp³-hybridized carbons (Fsp3) is 0.0833.